The number of ether oxygens (including phenoxy) is 1. The maximum absolute atomic E-state index is 5.76. The zero-order chi connectivity index (χ0) is 12.0. The zero-order valence-corrected chi connectivity index (χ0v) is 11.0. The fourth-order valence-corrected chi connectivity index (χ4v) is 1.72. The van der Waals surface area contributed by atoms with Crippen LogP contribution in [0, 0.1) is 13.8 Å². The average molecular weight is 222 g/mol. The Labute approximate surface area is 99.2 Å². The monoisotopic (exact) mass is 222 g/mol. The van der Waals surface area contributed by atoms with Crippen molar-refractivity contribution in [2.45, 2.75) is 27.7 Å². The highest BCUT2D eigenvalue weighted by atomic mass is 16.5. The van der Waals surface area contributed by atoms with Gasteiger partial charge in [0.05, 0.1) is 13.1 Å². The Morgan fingerprint density at radius 1 is 1.06 bits per heavy atom. The predicted molar refractivity (Wildman–Crippen MR) is 68.3 cm³/mol. The molecule has 1 rings (SSSR count). The molecule has 0 atom stereocenters. The fourth-order valence-electron chi connectivity index (χ4n) is 1.72. The van der Waals surface area contributed by atoms with Gasteiger partial charge in [-0.3, -0.25) is 0 Å². The number of rotatable bonds is 6. The molecule has 1 aromatic rings. The third-order valence-corrected chi connectivity index (χ3v) is 3.20. The second-order valence-electron chi connectivity index (χ2n) is 4.30. The molecule has 1 aromatic carbocycles. The summed E-state index contributed by atoms with van der Waals surface area (Å²) in [6, 6.07) is 6.29. The number of benzene rings is 1. The summed E-state index contributed by atoms with van der Waals surface area (Å²) in [4.78, 5) is 1.59. The van der Waals surface area contributed by atoms with Crippen LogP contribution in [-0.4, -0.2) is 26.2 Å². The SMILES string of the molecule is CC[NH+](CC)CCOc1ccc(C)c(C)c1. The smallest absolute Gasteiger partial charge is 0.137 e. The van der Waals surface area contributed by atoms with E-state index >= 15 is 0 Å². The van der Waals surface area contributed by atoms with Gasteiger partial charge in [0.25, 0.3) is 0 Å². The van der Waals surface area contributed by atoms with Crippen molar-refractivity contribution in [3.05, 3.63) is 29.3 Å². The molecule has 0 aliphatic rings. The van der Waals surface area contributed by atoms with Gasteiger partial charge in [0, 0.05) is 0 Å². The van der Waals surface area contributed by atoms with Gasteiger partial charge in [-0.15, -0.1) is 0 Å². The molecule has 0 bridgehead atoms. The first-order valence-corrected chi connectivity index (χ1v) is 6.21. The molecule has 0 aliphatic heterocycles. The zero-order valence-electron chi connectivity index (χ0n) is 11.0. The fraction of sp³-hybridized carbons (Fsp3) is 0.571. The minimum Gasteiger partial charge on any atom is -0.488 e. The van der Waals surface area contributed by atoms with Gasteiger partial charge in [0.2, 0.25) is 0 Å². The molecule has 16 heavy (non-hydrogen) atoms. The summed E-state index contributed by atoms with van der Waals surface area (Å²) in [5, 5.41) is 0. The molecular formula is C14H24NO+. The topological polar surface area (TPSA) is 13.7 Å². The highest BCUT2D eigenvalue weighted by Crippen LogP contribution is 2.15. The van der Waals surface area contributed by atoms with Gasteiger partial charge in [0.15, 0.2) is 0 Å². The Bertz CT molecular complexity index is 319. The lowest BCUT2D eigenvalue weighted by Crippen LogP contribution is -3.12. The van der Waals surface area contributed by atoms with E-state index in [1.54, 1.807) is 4.90 Å². The van der Waals surface area contributed by atoms with Gasteiger partial charge in [-0.05, 0) is 51.0 Å². The molecule has 0 spiro atoms. The quantitative estimate of drug-likeness (QED) is 0.772. The van der Waals surface area contributed by atoms with E-state index in [1.807, 2.05) is 0 Å². The van der Waals surface area contributed by atoms with Crippen LogP contribution in [0.3, 0.4) is 0 Å². The normalized spacial score (nSPS) is 10.8. The van der Waals surface area contributed by atoms with Crippen LogP contribution in [-0.2, 0) is 0 Å². The van der Waals surface area contributed by atoms with Crippen LogP contribution in [0.5, 0.6) is 5.75 Å². The molecule has 2 nitrogen and oxygen atoms in total. The molecule has 90 valence electrons. The van der Waals surface area contributed by atoms with Crippen molar-refractivity contribution in [2.24, 2.45) is 0 Å². The lowest BCUT2D eigenvalue weighted by atomic mass is 10.1. The molecule has 1 N–H and O–H groups in total. The first-order valence-electron chi connectivity index (χ1n) is 6.21. The van der Waals surface area contributed by atoms with E-state index in [-0.39, 0.29) is 0 Å². The molecule has 0 aromatic heterocycles. The highest BCUT2D eigenvalue weighted by molar-refractivity contribution is 5.33. The summed E-state index contributed by atoms with van der Waals surface area (Å²) in [6.45, 7) is 12.9. The maximum Gasteiger partial charge on any atom is 0.137 e. The Balaban J connectivity index is 2.40. The number of aryl methyl sites for hydroxylation is 2. The van der Waals surface area contributed by atoms with E-state index in [2.05, 4.69) is 45.9 Å². The maximum atomic E-state index is 5.76. The second kappa shape index (κ2) is 6.54. The van der Waals surface area contributed by atoms with Gasteiger partial charge in [-0.1, -0.05) is 6.07 Å². The van der Waals surface area contributed by atoms with Crippen LogP contribution in [0.2, 0.25) is 0 Å². The highest BCUT2D eigenvalue weighted by Gasteiger charge is 2.03. The molecular weight excluding hydrogens is 198 g/mol. The average Bonchev–Trinajstić information content (AvgIpc) is 2.29. The minimum absolute atomic E-state index is 0.805. The molecule has 0 radical (unpaired) electrons. The first-order chi connectivity index (χ1) is 7.67. The van der Waals surface area contributed by atoms with Crippen molar-refractivity contribution in [1.29, 1.82) is 0 Å². The van der Waals surface area contributed by atoms with E-state index in [0.29, 0.717) is 0 Å². The number of nitrogens with one attached hydrogen (secondary N) is 1. The molecule has 0 fully saturated rings. The predicted octanol–water partition coefficient (Wildman–Crippen LogP) is 1.61. The molecule has 0 saturated heterocycles. The van der Waals surface area contributed by atoms with Crippen LogP contribution in [0.25, 0.3) is 0 Å². The second-order valence-corrected chi connectivity index (χ2v) is 4.30. The molecule has 0 aliphatic carbocycles. The summed E-state index contributed by atoms with van der Waals surface area (Å²) in [6.07, 6.45) is 0. The molecule has 2 heteroatoms. The molecule has 0 unspecified atom stereocenters. The third kappa shape index (κ3) is 3.86. The lowest BCUT2D eigenvalue weighted by molar-refractivity contribution is -0.896. The van der Waals surface area contributed by atoms with Crippen LogP contribution in [0.15, 0.2) is 18.2 Å². The van der Waals surface area contributed by atoms with Gasteiger partial charge in [-0.2, -0.15) is 0 Å². The van der Waals surface area contributed by atoms with Crippen LogP contribution in [0.4, 0.5) is 0 Å². The van der Waals surface area contributed by atoms with E-state index in [9.17, 15) is 0 Å². The van der Waals surface area contributed by atoms with E-state index in [0.717, 1.165) is 18.9 Å². The van der Waals surface area contributed by atoms with Gasteiger partial charge >= 0.3 is 0 Å². The summed E-state index contributed by atoms with van der Waals surface area (Å²) < 4.78 is 5.76. The standard InChI is InChI=1S/C14H23NO/c1-5-15(6-2)9-10-16-14-8-7-12(3)13(4)11-14/h7-8,11H,5-6,9-10H2,1-4H3/p+1. The number of likely N-dealkylation sites (N-methyl/N-ethyl adjacent to an activating group) is 1. The summed E-state index contributed by atoms with van der Waals surface area (Å²) in [5.74, 6) is 0.995. The minimum atomic E-state index is 0.805. The third-order valence-electron chi connectivity index (χ3n) is 3.20. The van der Waals surface area contributed by atoms with Crippen molar-refractivity contribution in [2.75, 3.05) is 26.2 Å². The van der Waals surface area contributed by atoms with Crippen molar-refractivity contribution >= 4 is 0 Å². The Morgan fingerprint density at radius 2 is 1.75 bits per heavy atom. The summed E-state index contributed by atoms with van der Waals surface area (Å²) >= 11 is 0. The molecule has 0 amide bonds. The number of hydrogen-bond donors (Lipinski definition) is 1. The van der Waals surface area contributed by atoms with Gasteiger partial charge in [0.1, 0.15) is 18.9 Å². The summed E-state index contributed by atoms with van der Waals surface area (Å²) in [7, 11) is 0. The van der Waals surface area contributed by atoms with Crippen molar-refractivity contribution in [1.82, 2.24) is 0 Å². The lowest BCUT2D eigenvalue weighted by Gasteiger charge is -2.15. The van der Waals surface area contributed by atoms with Crippen LogP contribution >= 0.6 is 0 Å². The van der Waals surface area contributed by atoms with E-state index in [4.69, 9.17) is 4.74 Å². The largest absolute Gasteiger partial charge is 0.488 e. The van der Waals surface area contributed by atoms with Crippen molar-refractivity contribution < 1.29 is 9.64 Å². The van der Waals surface area contributed by atoms with Crippen LogP contribution in [0.1, 0.15) is 25.0 Å². The number of quaternary nitrogens is 1. The Hall–Kier alpha value is -1.02. The summed E-state index contributed by atoms with van der Waals surface area (Å²) in [5.41, 5.74) is 2.62. The van der Waals surface area contributed by atoms with Gasteiger partial charge in [-0.25, -0.2) is 0 Å². The van der Waals surface area contributed by atoms with E-state index in [1.165, 1.54) is 24.2 Å². The van der Waals surface area contributed by atoms with Crippen LogP contribution < -0.4 is 9.64 Å². The number of hydrogen-bond acceptors (Lipinski definition) is 1. The van der Waals surface area contributed by atoms with Crippen molar-refractivity contribution in [3.8, 4) is 5.75 Å². The van der Waals surface area contributed by atoms with Crippen molar-refractivity contribution in [3.63, 3.8) is 0 Å². The van der Waals surface area contributed by atoms with Gasteiger partial charge < -0.3 is 9.64 Å². The Morgan fingerprint density at radius 3 is 2.31 bits per heavy atom. The molecule has 0 heterocycles. The van der Waals surface area contributed by atoms with E-state index < -0.39 is 0 Å². The Kier molecular flexibility index (Phi) is 5.33. The molecule has 0 saturated carbocycles. The first kappa shape index (κ1) is 13.0.